The van der Waals surface area contributed by atoms with Crippen LogP contribution in [0.5, 0.6) is 5.75 Å². The number of likely N-dealkylation sites (tertiary alicyclic amines) is 1. The number of aromatic hydroxyl groups is 1. The van der Waals surface area contributed by atoms with E-state index in [-0.39, 0.29) is 81.6 Å². The number of hydrogen-bond donors (Lipinski definition) is 28. The second-order valence-electron chi connectivity index (χ2n) is 38.1. The van der Waals surface area contributed by atoms with Gasteiger partial charge in [-0.3, -0.25) is 101 Å². The number of phenols is 1. The number of primary amides is 2. The van der Waals surface area contributed by atoms with Crippen LogP contribution in [0.4, 0.5) is 0 Å². The number of carbonyl (C=O) groups excluding carboxylic acids is 20. The number of aromatic nitrogens is 3. The summed E-state index contributed by atoms with van der Waals surface area (Å²) in [7, 11) is 0. The molecule has 0 saturated carbocycles. The summed E-state index contributed by atoms with van der Waals surface area (Å²) in [5.74, 6) is -21.5. The quantitative estimate of drug-likeness (QED) is 0.0111. The number of aromatic amines is 2. The fraction of sp³-hybridized carbons (Fsp3) is 0.594. The molecule has 2 fully saturated rings. The van der Waals surface area contributed by atoms with Crippen LogP contribution >= 0.6 is 0 Å². The molecule has 2 aliphatic heterocycles. The molecule has 0 spiro atoms. The molecule has 20 amide bonds. The molecule has 2 aromatic heterocycles. The molecule has 148 heavy (non-hydrogen) atoms. The summed E-state index contributed by atoms with van der Waals surface area (Å²) in [6.45, 7) is 16.9. The number of fused-ring (bicyclic) bond motifs is 1. The number of unbranched alkanes of at least 4 members (excludes halogenated alkanes) is 1. The topological polar surface area (TPSA) is 834 Å². The predicted molar refractivity (Wildman–Crippen MR) is 537 cm³/mol. The van der Waals surface area contributed by atoms with Crippen LogP contribution < -0.4 is 119 Å². The molecule has 0 aliphatic carbocycles. The summed E-state index contributed by atoms with van der Waals surface area (Å²) in [5.41, 5.74) is 29.5. The van der Waals surface area contributed by atoms with Crippen LogP contribution in [0.15, 0.2) is 72.2 Å². The zero-order valence-electron chi connectivity index (χ0n) is 85.5. The van der Waals surface area contributed by atoms with Crippen molar-refractivity contribution in [3.63, 3.8) is 0 Å². The van der Waals surface area contributed by atoms with Gasteiger partial charge in [-0.05, 0) is 137 Å². The Kier molecular flexibility index (Phi) is 51.8. The number of benzene rings is 2. The second kappa shape index (κ2) is 62.1. The first kappa shape index (κ1) is 123. The lowest BCUT2D eigenvalue weighted by molar-refractivity contribution is -0.149. The van der Waals surface area contributed by atoms with Gasteiger partial charge in [-0.15, -0.1) is 0 Å². The maximum absolute atomic E-state index is 15.2. The van der Waals surface area contributed by atoms with Gasteiger partial charge in [-0.25, -0.2) is 9.78 Å². The second-order valence-corrected chi connectivity index (χ2v) is 38.1. The van der Waals surface area contributed by atoms with Crippen molar-refractivity contribution in [2.75, 3.05) is 45.9 Å². The van der Waals surface area contributed by atoms with Gasteiger partial charge in [-0.2, -0.15) is 0 Å². The Morgan fingerprint density at radius 2 is 1.16 bits per heavy atom. The number of carboxylic acids is 1. The molecule has 17 atom stereocenters. The molecule has 0 radical (unpaired) electrons. The Balaban J connectivity index is 0.000000746. The minimum atomic E-state index is -1.83. The van der Waals surface area contributed by atoms with Gasteiger partial charge in [0.1, 0.15) is 96.4 Å². The number of nitrogens with zero attached hydrogens (tertiary/aromatic N) is 3. The highest BCUT2D eigenvalue weighted by atomic mass is 16.4. The standard InChI is InChI=1S/C68H100N20O17.C28H49N7O8/c1-34(2)23-47-63(101)88-57(36(5)6)67(105)86-48(24-38-14-16-41(91)17-15-38)62(100)81-44(13-10-22-73-68(70)71)58(96)82-46(19-21-53(93)75-29-54(94)80-51(32-90)65(103)83-45(59(97)84-47)18-20-52(69)92)60(98)85-49(25-39-27-74-43-12-9-8-11-42(39)43)64(102)87-56(35(3)4)66(104)76-30-55(95)79-50(26-40-28-72-33-77-40)61(99)78-37(7)31-89;1-6-16(4)23(34-25(39)22(15(2)3)33-24(38)19(14-21(30)37)31-17(5)36)26(40)32-18(10-7-8-12-29)27(41)35-13-9-11-20(35)28(42)43/h8-9,11-12,14-17,27-28,33-37,44-51,56-57,74,89-91H,10,13,18-26,29-32H2,1-7H3,(H2,69,92)(H,72,77)(H,75,93)(H,76,104)(H,78,99)(H,79,95)(H,80,94)(H,81,100)(H,82,96)(H,83,103)(H,84,97)(H,85,98)(H,86,105)(H,87,102)(H,88,101)(H4,70,71,73);15-16,18-20,22-23H,6-14,29H2,1-5H3,(H2,30,37)(H,31,36)(H,32,40)(H,33,38)(H,34,39)(H,42,43). The van der Waals surface area contributed by atoms with Crippen molar-refractivity contribution < 1.29 is 121 Å². The number of rotatable bonds is 47. The summed E-state index contributed by atoms with van der Waals surface area (Å²) in [6, 6.07) is -9.30. The first-order valence-corrected chi connectivity index (χ1v) is 49.3. The van der Waals surface area contributed by atoms with Crippen LogP contribution in [-0.4, -0.2) is 313 Å². The zero-order chi connectivity index (χ0) is 110. The molecule has 6 rings (SSSR count). The molecule has 4 heterocycles. The lowest BCUT2D eigenvalue weighted by atomic mass is 9.95. The van der Waals surface area contributed by atoms with Gasteiger partial charge in [-0.1, -0.05) is 106 Å². The maximum atomic E-state index is 15.2. The van der Waals surface area contributed by atoms with E-state index >= 15 is 9.59 Å². The van der Waals surface area contributed by atoms with Crippen molar-refractivity contribution in [3.05, 3.63) is 84.1 Å². The van der Waals surface area contributed by atoms with E-state index < -0.39 is 297 Å². The average molecular weight is 2080 g/mol. The third-order valence-electron chi connectivity index (χ3n) is 24.3. The van der Waals surface area contributed by atoms with Crippen LogP contribution in [0.2, 0.25) is 0 Å². The van der Waals surface area contributed by atoms with E-state index in [9.17, 15) is 112 Å². The number of H-pyrrole nitrogens is 2. The monoisotopic (exact) mass is 2080 g/mol. The molecule has 818 valence electrons. The third-order valence-corrected chi connectivity index (χ3v) is 24.3. The molecule has 17 unspecified atom stereocenters. The van der Waals surface area contributed by atoms with E-state index in [0.717, 1.165) is 0 Å². The van der Waals surface area contributed by atoms with Crippen LogP contribution in [0.1, 0.15) is 190 Å². The Bertz CT molecular complexity index is 5210. The summed E-state index contributed by atoms with van der Waals surface area (Å²) in [6.07, 6.45) is 3.37. The molecular formula is C96H149N27O25. The minimum Gasteiger partial charge on any atom is -0.508 e. The van der Waals surface area contributed by atoms with Gasteiger partial charge in [0, 0.05) is 87.1 Å². The van der Waals surface area contributed by atoms with Gasteiger partial charge in [0.15, 0.2) is 5.96 Å². The fourth-order valence-corrected chi connectivity index (χ4v) is 15.9. The lowest BCUT2D eigenvalue weighted by Crippen LogP contribution is -2.62. The minimum absolute atomic E-state index is 0.0244. The van der Waals surface area contributed by atoms with Crippen LogP contribution in [0, 0.1) is 29.6 Å². The number of aliphatic hydroxyl groups is 2. The number of para-hydroxylation sites is 1. The number of aliphatic hydroxyl groups excluding tert-OH is 2. The highest BCUT2D eigenvalue weighted by Gasteiger charge is 2.43. The molecule has 33 N–H and O–H groups in total. The number of aliphatic carboxylic acids is 1. The normalized spacial score (nSPS) is 19.7. The van der Waals surface area contributed by atoms with Crippen molar-refractivity contribution >= 4 is 141 Å². The molecule has 2 aromatic carbocycles. The van der Waals surface area contributed by atoms with E-state index in [1.807, 2.05) is 6.92 Å². The number of aliphatic imine (C=N–C) groups is 1. The van der Waals surface area contributed by atoms with Crippen molar-refractivity contribution in [3.8, 4) is 5.75 Å². The number of hydrogen-bond acceptors (Lipinski definition) is 27. The average Bonchev–Trinajstić information content (AvgIpc) is 1.72. The smallest absolute Gasteiger partial charge is 0.326 e. The Labute approximate surface area is 856 Å². The van der Waals surface area contributed by atoms with Crippen molar-refractivity contribution in [1.82, 2.24) is 110 Å². The maximum Gasteiger partial charge on any atom is 0.326 e. The number of carboxylic acid groups (broad SMARTS) is 1. The summed E-state index contributed by atoms with van der Waals surface area (Å²) in [5, 5.41) is 83.7. The van der Waals surface area contributed by atoms with Gasteiger partial charge in [0.2, 0.25) is 118 Å². The first-order chi connectivity index (χ1) is 69.9. The third kappa shape index (κ3) is 41.9. The van der Waals surface area contributed by atoms with Crippen LogP contribution in [0.25, 0.3) is 10.9 Å². The number of phenolic OH excluding ortho intramolecular Hbond substituents is 1. The number of nitrogens with two attached hydrogens (primary N) is 5. The molecule has 0 bridgehead atoms. The molecule has 2 aliphatic rings. The first-order valence-electron chi connectivity index (χ1n) is 49.3. The Hall–Kier alpha value is -15.0. The molecular weight excluding hydrogens is 1930 g/mol. The number of imidazole rings is 1. The number of guanidine groups is 1. The predicted octanol–water partition coefficient (Wildman–Crippen LogP) is -6.61. The van der Waals surface area contributed by atoms with Crippen LogP contribution in [0.3, 0.4) is 0 Å². The van der Waals surface area contributed by atoms with Gasteiger partial charge in [0.05, 0.1) is 39.1 Å². The summed E-state index contributed by atoms with van der Waals surface area (Å²) >= 11 is 0. The van der Waals surface area contributed by atoms with E-state index in [4.69, 9.17) is 28.7 Å². The van der Waals surface area contributed by atoms with E-state index in [1.165, 1.54) is 48.6 Å². The van der Waals surface area contributed by atoms with Crippen molar-refractivity contribution in [1.29, 1.82) is 0 Å². The van der Waals surface area contributed by atoms with Crippen molar-refractivity contribution in [2.24, 2.45) is 63.3 Å². The molecule has 2 saturated heterocycles. The highest BCUT2D eigenvalue weighted by Crippen LogP contribution is 2.24. The fourth-order valence-electron chi connectivity index (χ4n) is 15.9. The van der Waals surface area contributed by atoms with Gasteiger partial charge < -0.3 is 154 Å². The van der Waals surface area contributed by atoms with E-state index in [1.54, 1.807) is 99.7 Å². The van der Waals surface area contributed by atoms with E-state index in [0.29, 0.717) is 66.4 Å². The summed E-state index contributed by atoms with van der Waals surface area (Å²) < 4.78 is 0. The van der Waals surface area contributed by atoms with Crippen LogP contribution in [-0.2, 0) is 120 Å². The Morgan fingerprint density at radius 3 is 1.75 bits per heavy atom. The number of amides is 20. The van der Waals surface area contributed by atoms with Crippen molar-refractivity contribution in [2.45, 2.75) is 289 Å². The van der Waals surface area contributed by atoms with Gasteiger partial charge >= 0.3 is 5.97 Å². The Morgan fingerprint density at radius 1 is 0.574 bits per heavy atom. The van der Waals surface area contributed by atoms with Gasteiger partial charge in [0.25, 0.3) is 0 Å². The SMILES string of the molecule is CC(C)CC1NC(=O)C(CCC(N)=O)NC(=O)C(CO)NC(=O)CNC(=O)CCC(C(=O)NC(Cc2c[nH]c3ccccc23)C(=O)NC(C(=O)NCC(=O)NC(Cc2cnc[nH]2)C(=O)NC(C)CO)C(C)C)NC(=O)C(CCCN=C(N)N)NC(=O)C(Cc2ccc(O)cc2)NC(=O)C(C(C)C)NC1=O.CCC(C)C(NC(=O)C(NC(=O)C(CC(N)=O)NC(C)=O)C(C)C)C(=O)NC(CCCCN)C(=O)N1CCCC1C(=O)O. The zero-order valence-corrected chi connectivity index (χ0v) is 85.5. The van der Waals surface area contributed by atoms with E-state index in [2.05, 4.69) is 110 Å². The summed E-state index contributed by atoms with van der Waals surface area (Å²) in [4.78, 5) is 301. The number of nitrogens with one attached hydrogen (secondary N) is 19. The largest absolute Gasteiger partial charge is 0.508 e. The number of carbonyl (C=O) groups is 21. The molecule has 4 aromatic rings. The highest BCUT2D eigenvalue weighted by molar-refractivity contribution is 6.02. The lowest BCUT2D eigenvalue weighted by Gasteiger charge is -2.31. The molecule has 52 nitrogen and oxygen atoms in total. The molecule has 52 heteroatoms.